The Hall–Kier alpha value is -1.86. The number of hydrogen-bond donors (Lipinski definition) is 1. The summed E-state index contributed by atoms with van der Waals surface area (Å²) in [6.45, 7) is 2.02. The van der Waals surface area contributed by atoms with Gasteiger partial charge in [-0.05, 0) is 52.7 Å². The third-order valence-electron chi connectivity index (χ3n) is 2.27. The number of nitrogens with one attached hydrogen (secondary N) is 1. The second kappa shape index (κ2) is 4.98. The number of hydrogen-bond acceptors (Lipinski definition) is 3. The minimum absolute atomic E-state index is 0.589. The Balaban J connectivity index is 2.31. The van der Waals surface area contributed by atoms with E-state index in [1.54, 1.807) is 18.3 Å². The van der Waals surface area contributed by atoms with Crippen molar-refractivity contribution in [2.75, 3.05) is 5.32 Å². The van der Waals surface area contributed by atoms with Gasteiger partial charge in [0.05, 0.1) is 17.3 Å². The highest BCUT2D eigenvalue weighted by Crippen LogP contribution is 2.26. The fraction of sp³-hybridized carbons (Fsp3) is 0.0769. The van der Waals surface area contributed by atoms with Crippen molar-refractivity contribution in [3.05, 3.63) is 52.1 Å². The molecule has 3 nitrogen and oxygen atoms in total. The van der Waals surface area contributed by atoms with Crippen LogP contribution in [0.2, 0.25) is 0 Å². The van der Waals surface area contributed by atoms with Crippen molar-refractivity contribution >= 4 is 27.4 Å². The molecule has 17 heavy (non-hydrogen) atoms. The van der Waals surface area contributed by atoms with Gasteiger partial charge in [-0.25, -0.2) is 4.98 Å². The molecule has 0 spiro atoms. The molecule has 2 rings (SSSR count). The van der Waals surface area contributed by atoms with Gasteiger partial charge in [-0.1, -0.05) is 6.07 Å². The second-order valence-electron chi connectivity index (χ2n) is 3.65. The smallest absolute Gasteiger partial charge is 0.131 e. The lowest BCUT2D eigenvalue weighted by Gasteiger charge is -2.08. The Bertz CT molecular complexity index is 587. The summed E-state index contributed by atoms with van der Waals surface area (Å²) in [7, 11) is 0. The molecule has 2 aromatic rings. The maximum absolute atomic E-state index is 8.81. The van der Waals surface area contributed by atoms with E-state index in [0.717, 1.165) is 15.7 Å². The van der Waals surface area contributed by atoms with Crippen LogP contribution >= 0.6 is 15.9 Å². The first-order valence-corrected chi connectivity index (χ1v) is 5.87. The van der Waals surface area contributed by atoms with E-state index in [4.69, 9.17) is 5.26 Å². The van der Waals surface area contributed by atoms with E-state index in [9.17, 15) is 0 Å². The third-order valence-corrected chi connectivity index (χ3v) is 2.97. The summed E-state index contributed by atoms with van der Waals surface area (Å²) >= 11 is 3.47. The minimum Gasteiger partial charge on any atom is -0.339 e. The summed E-state index contributed by atoms with van der Waals surface area (Å²) in [6.07, 6.45) is 1.62. The fourth-order valence-electron chi connectivity index (χ4n) is 1.44. The third kappa shape index (κ3) is 2.83. The first-order chi connectivity index (χ1) is 8.19. The lowest BCUT2D eigenvalue weighted by atomic mass is 10.2. The molecule has 0 saturated heterocycles. The van der Waals surface area contributed by atoms with E-state index < -0.39 is 0 Å². The fourth-order valence-corrected chi connectivity index (χ4v) is 1.79. The number of nitriles is 1. The van der Waals surface area contributed by atoms with Crippen molar-refractivity contribution in [1.82, 2.24) is 4.98 Å². The van der Waals surface area contributed by atoms with Crippen molar-refractivity contribution in [3.63, 3.8) is 0 Å². The molecule has 0 aliphatic heterocycles. The highest BCUT2D eigenvalue weighted by molar-refractivity contribution is 9.10. The highest BCUT2D eigenvalue weighted by Gasteiger charge is 2.02. The zero-order valence-electron chi connectivity index (χ0n) is 9.24. The predicted octanol–water partition coefficient (Wildman–Crippen LogP) is 3.77. The van der Waals surface area contributed by atoms with Crippen molar-refractivity contribution < 1.29 is 0 Å². The maximum Gasteiger partial charge on any atom is 0.131 e. The lowest BCUT2D eigenvalue weighted by molar-refractivity contribution is 1.29. The Morgan fingerprint density at radius 2 is 2.12 bits per heavy atom. The van der Waals surface area contributed by atoms with E-state index in [1.807, 2.05) is 25.1 Å². The van der Waals surface area contributed by atoms with Crippen LogP contribution in [0.5, 0.6) is 0 Å². The number of nitrogens with zero attached hydrogens (tertiary/aromatic N) is 2. The molecule has 0 aliphatic carbocycles. The number of pyridine rings is 1. The minimum atomic E-state index is 0.589. The Morgan fingerprint density at radius 3 is 2.88 bits per heavy atom. The molecular formula is C13H10BrN3. The Morgan fingerprint density at radius 1 is 1.29 bits per heavy atom. The van der Waals surface area contributed by atoms with Gasteiger partial charge in [-0.2, -0.15) is 5.26 Å². The number of aryl methyl sites for hydroxylation is 1. The molecule has 0 aliphatic rings. The van der Waals surface area contributed by atoms with Crippen LogP contribution in [0.4, 0.5) is 11.5 Å². The summed E-state index contributed by atoms with van der Waals surface area (Å²) < 4.78 is 0.965. The summed E-state index contributed by atoms with van der Waals surface area (Å²) in [6, 6.07) is 11.5. The van der Waals surface area contributed by atoms with Gasteiger partial charge in [0.1, 0.15) is 5.82 Å². The first-order valence-electron chi connectivity index (χ1n) is 5.08. The van der Waals surface area contributed by atoms with Crippen molar-refractivity contribution in [3.8, 4) is 6.07 Å². The quantitative estimate of drug-likeness (QED) is 0.915. The van der Waals surface area contributed by atoms with Crippen LogP contribution in [-0.2, 0) is 0 Å². The largest absolute Gasteiger partial charge is 0.339 e. The molecule has 0 fully saturated rings. The average molecular weight is 288 g/mol. The monoisotopic (exact) mass is 287 g/mol. The van der Waals surface area contributed by atoms with Crippen molar-refractivity contribution in [2.24, 2.45) is 0 Å². The number of anilines is 2. The van der Waals surface area contributed by atoms with Gasteiger partial charge >= 0.3 is 0 Å². The summed E-state index contributed by atoms with van der Waals surface area (Å²) in [5, 5.41) is 12.0. The average Bonchev–Trinajstić information content (AvgIpc) is 2.34. The maximum atomic E-state index is 8.81. The first kappa shape index (κ1) is 11.6. The normalized spacial score (nSPS) is 9.71. The molecule has 1 aromatic heterocycles. The number of aromatic nitrogens is 1. The molecule has 84 valence electrons. The van der Waals surface area contributed by atoms with Gasteiger partial charge < -0.3 is 5.32 Å². The van der Waals surface area contributed by atoms with Gasteiger partial charge in [-0.15, -0.1) is 0 Å². The van der Waals surface area contributed by atoms with Crippen LogP contribution < -0.4 is 5.32 Å². The van der Waals surface area contributed by atoms with Crippen LogP contribution in [0.3, 0.4) is 0 Å². The zero-order valence-corrected chi connectivity index (χ0v) is 10.8. The van der Waals surface area contributed by atoms with Gasteiger partial charge in [0.15, 0.2) is 0 Å². The van der Waals surface area contributed by atoms with Crippen LogP contribution in [0.25, 0.3) is 0 Å². The molecule has 1 aromatic carbocycles. The molecule has 0 unspecified atom stereocenters. The lowest BCUT2D eigenvalue weighted by Crippen LogP contribution is -1.95. The Labute approximate surface area is 108 Å². The highest BCUT2D eigenvalue weighted by atomic mass is 79.9. The van der Waals surface area contributed by atoms with Crippen LogP contribution in [0.1, 0.15) is 11.1 Å². The van der Waals surface area contributed by atoms with E-state index in [1.165, 1.54) is 0 Å². The molecule has 0 atom stereocenters. The van der Waals surface area contributed by atoms with Gasteiger partial charge in [0.2, 0.25) is 0 Å². The van der Waals surface area contributed by atoms with Crippen LogP contribution in [0.15, 0.2) is 41.0 Å². The molecule has 0 saturated carbocycles. The van der Waals surface area contributed by atoms with E-state index in [2.05, 4.69) is 32.3 Å². The predicted molar refractivity (Wildman–Crippen MR) is 71.1 cm³/mol. The van der Waals surface area contributed by atoms with Crippen LogP contribution in [0, 0.1) is 18.3 Å². The molecule has 1 N–H and O–H groups in total. The van der Waals surface area contributed by atoms with E-state index in [-0.39, 0.29) is 0 Å². The van der Waals surface area contributed by atoms with Crippen molar-refractivity contribution in [2.45, 2.75) is 6.92 Å². The number of rotatable bonds is 2. The molecular weight excluding hydrogens is 278 g/mol. The Kier molecular flexibility index (Phi) is 3.40. The van der Waals surface area contributed by atoms with Crippen LogP contribution in [-0.4, -0.2) is 4.98 Å². The molecule has 0 radical (unpaired) electrons. The van der Waals surface area contributed by atoms with Crippen molar-refractivity contribution in [1.29, 1.82) is 5.26 Å². The topological polar surface area (TPSA) is 48.7 Å². The standard InChI is InChI=1S/C13H10BrN3/c1-9-2-3-11(14)12(6-9)17-13-7-10(8-15)4-5-16-13/h2-7H,1H3,(H,16,17). The van der Waals surface area contributed by atoms with E-state index in [0.29, 0.717) is 11.4 Å². The summed E-state index contributed by atoms with van der Waals surface area (Å²) in [5.41, 5.74) is 2.69. The van der Waals surface area contributed by atoms with Gasteiger partial charge in [0.25, 0.3) is 0 Å². The molecule has 0 bridgehead atoms. The van der Waals surface area contributed by atoms with Gasteiger partial charge in [0, 0.05) is 10.7 Å². The number of halogens is 1. The zero-order chi connectivity index (χ0) is 12.3. The summed E-state index contributed by atoms with van der Waals surface area (Å²) in [5.74, 6) is 0.662. The summed E-state index contributed by atoms with van der Waals surface area (Å²) in [4.78, 5) is 4.17. The van der Waals surface area contributed by atoms with E-state index >= 15 is 0 Å². The van der Waals surface area contributed by atoms with Gasteiger partial charge in [-0.3, -0.25) is 0 Å². The molecule has 4 heteroatoms. The SMILES string of the molecule is Cc1ccc(Br)c(Nc2cc(C#N)ccn2)c1. The molecule has 1 heterocycles. The second-order valence-corrected chi connectivity index (χ2v) is 4.50. The number of benzene rings is 1. The molecule has 0 amide bonds.